The van der Waals surface area contributed by atoms with Crippen molar-refractivity contribution in [3.05, 3.63) is 237 Å². The van der Waals surface area contributed by atoms with Gasteiger partial charge in [0.05, 0.1) is 0 Å². The van der Waals surface area contributed by atoms with Gasteiger partial charge in [-0.3, -0.25) is 0 Å². The van der Waals surface area contributed by atoms with Crippen LogP contribution in [0.2, 0.25) is 0 Å². The summed E-state index contributed by atoms with van der Waals surface area (Å²) in [4.78, 5) is 0. The molecule has 2 aliphatic carbocycles. The van der Waals surface area contributed by atoms with Gasteiger partial charge in [-0.05, 0) is 129 Å². The first-order valence-corrected chi connectivity index (χ1v) is 22.5. The fourth-order valence-corrected chi connectivity index (χ4v) is 8.73. The van der Waals surface area contributed by atoms with E-state index < -0.39 is 0 Å². The molecular weight excluding hydrogens is 745 g/mol. The second kappa shape index (κ2) is 24.1. The molecule has 1 atom stereocenters. The minimum atomic E-state index is -0.170. The Hall–Kier alpha value is -5.72. The smallest absolute Gasteiger partial charge is 0.0394 e. The van der Waals surface area contributed by atoms with Gasteiger partial charge in [-0.2, -0.15) is 0 Å². The van der Waals surface area contributed by atoms with Gasteiger partial charge < -0.3 is 0 Å². The third-order valence-corrected chi connectivity index (χ3v) is 11.9. The number of allylic oxidation sites excluding steroid dienone is 14. The number of hydrogen-bond acceptors (Lipinski definition) is 0. The van der Waals surface area contributed by atoms with E-state index in [2.05, 4.69) is 234 Å². The largest absolute Gasteiger partial charge is 0.0877 e. The Labute approximate surface area is 379 Å². The highest BCUT2D eigenvalue weighted by atomic mass is 14.4. The number of fused-ring (bicyclic) bond motifs is 4. The predicted molar refractivity (Wildman–Crippen MR) is 279 cm³/mol. The summed E-state index contributed by atoms with van der Waals surface area (Å²) in [6.07, 6.45) is 24.3. The Morgan fingerprint density at radius 3 is 1.76 bits per heavy atom. The molecule has 0 aromatic heterocycles. The van der Waals surface area contributed by atoms with Crippen LogP contribution in [0.5, 0.6) is 0 Å². The van der Waals surface area contributed by atoms with Crippen LogP contribution in [0.25, 0.3) is 22.3 Å². The molecule has 0 amide bonds. The maximum absolute atomic E-state index is 2.56. The minimum Gasteiger partial charge on any atom is -0.0877 e. The van der Waals surface area contributed by atoms with Gasteiger partial charge in [-0.25, -0.2) is 0 Å². The van der Waals surface area contributed by atoms with Crippen LogP contribution < -0.4 is 0 Å². The van der Waals surface area contributed by atoms with Crippen LogP contribution in [0.15, 0.2) is 187 Å². The molecule has 62 heavy (non-hydrogen) atoms. The lowest BCUT2D eigenvalue weighted by Gasteiger charge is -2.31. The monoisotopic (exact) mass is 821 g/mol. The third kappa shape index (κ3) is 11.6. The van der Waals surface area contributed by atoms with Crippen LogP contribution in [-0.4, -0.2) is 0 Å². The zero-order chi connectivity index (χ0) is 44.6. The average Bonchev–Trinajstić information content (AvgIpc) is 3.71. The Bertz CT molecular complexity index is 2430. The summed E-state index contributed by atoms with van der Waals surface area (Å²) in [6, 6.07) is 41.5. The molecule has 1 unspecified atom stereocenters. The van der Waals surface area contributed by atoms with E-state index in [4.69, 9.17) is 0 Å². The maximum atomic E-state index is 2.56. The molecule has 324 valence electrons. The average molecular weight is 821 g/mol. The zero-order valence-corrected chi connectivity index (χ0v) is 39.7. The summed E-state index contributed by atoms with van der Waals surface area (Å²) in [5, 5.41) is 0. The van der Waals surface area contributed by atoms with Crippen LogP contribution in [0, 0.1) is 27.7 Å². The second-order valence-electron chi connectivity index (χ2n) is 16.5. The summed E-state index contributed by atoms with van der Waals surface area (Å²) in [7, 11) is 0. The molecule has 0 fully saturated rings. The summed E-state index contributed by atoms with van der Waals surface area (Å²) >= 11 is 0. The number of benzene rings is 5. The van der Waals surface area contributed by atoms with Crippen molar-refractivity contribution < 1.29 is 0 Å². The molecule has 0 nitrogen and oxygen atoms in total. The Morgan fingerprint density at radius 2 is 1.16 bits per heavy atom. The minimum absolute atomic E-state index is 0. The molecule has 0 heteroatoms. The SMILES string of the molecule is C.C/C=C\C=C/CC1(/C(=C/C=C\C)CC)C=C(/C(C)=C(\C=C/C)c2ccccc2C)c2ccc(C)cc21.CC.Cc1ccc2c(c1)C(C)(C)c1ccccc1-2.Cc1ccccc1. The second-order valence-corrected chi connectivity index (χ2v) is 16.5. The van der Waals surface area contributed by atoms with Crippen molar-refractivity contribution in [3.63, 3.8) is 0 Å². The Morgan fingerprint density at radius 1 is 0.581 bits per heavy atom. The lowest BCUT2D eigenvalue weighted by molar-refractivity contribution is 0.624. The number of hydrogen-bond donors (Lipinski definition) is 0. The lowest BCUT2D eigenvalue weighted by Crippen LogP contribution is -2.24. The van der Waals surface area contributed by atoms with Crippen molar-refractivity contribution in [1.82, 2.24) is 0 Å². The van der Waals surface area contributed by atoms with Crippen LogP contribution in [0.3, 0.4) is 0 Å². The lowest BCUT2D eigenvalue weighted by atomic mass is 9.71. The van der Waals surface area contributed by atoms with Crippen molar-refractivity contribution >= 4 is 11.1 Å². The topological polar surface area (TPSA) is 0 Å². The highest BCUT2D eigenvalue weighted by Gasteiger charge is 2.40. The first kappa shape index (κ1) is 50.6. The molecular formula is C62H76. The van der Waals surface area contributed by atoms with Crippen molar-refractivity contribution in [2.45, 2.75) is 121 Å². The molecule has 0 spiro atoms. The van der Waals surface area contributed by atoms with Gasteiger partial charge in [0.25, 0.3) is 0 Å². The zero-order valence-electron chi connectivity index (χ0n) is 39.7. The van der Waals surface area contributed by atoms with E-state index in [-0.39, 0.29) is 18.3 Å². The van der Waals surface area contributed by atoms with Gasteiger partial charge in [0, 0.05) is 10.8 Å². The van der Waals surface area contributed by atoms with E-state index in [9.17, 15) is 0 Å². The summed E-state index contributed by atoms with van der Waals surface area (Å²) in [5.74, 6) is 0. The first-order chi connectivity index (χ1) is 29.4. The standard InChI is InChI=1S/C36H42.C16H16.C7H8.C2H6.CH4/c1-8-12-14-17-24-36(30(11-4)20-13-9-2)26-34(33-23-22-27(5)25-35(33)36)29(7)32(18-10-3)31-21-16-15-19-28(31)6;1-11-8-9-13-12-6-4-5-7-14(12)16(2,3)15(13)10-11;1-7-5-3-2-4-6-7;1-2;/h8-10,12-23,25-26H,11,24H2,1-7H3;4-10H,1-3H3;2-6H,1H3;1-2H3;1H4/b12-8-,13-9-,17-14-,18-10-,30-20+,32-29+;;;;. The molecule has 7 rings (SSSR count). The molecule has 0 N–H and O–H groups in total. The van der Waals surface area contributed by atoms with Gasteiger partial charge in [-0.15, -0.1) is 0 Å². The predicted octanol–water partition coefficient (Wildman–Crippen LogP) is 18.4. The third-order valence-electron chi connectivity index (χ3n) is 11.9. The molecule has 0 aliphatic heterocycles. The van der Waals surface area contributed by atoms with Crippen LogP contribution >= 0.6 is 0 Å². The van der Waals surface area contributed by atoms with Crippen molar-refractivity contribution in [1.29, 1.82) is 0 Å². The van der Waals surface area contributed by atoms with Crippen molar-refractivity contribution in [2.24, 2.45) is 0 Å². The first-order valence-electron chi connectivity index (χ1n) is 22.5. The highest BCUT2D eigenvalue weighted by molar-refractivity contribution is 5.96. The summed E-state index contributed by atoms with van der Waals surface area (Å²) in [5.41, 5.74) is 20.5. The summed E-state index contributed by atoms with van der Waals surface area (Å²) in [6.45, 7) is 28.1. The quantitative estimate of drug-likeness (QED) is 0.130. The summed E-state index contributed by atoms with van der Waals surface area (Å²) < 4.78 is 0. The van der Waals surface area contributed by atoms with Crippen molar-refractivity contribution in [3.8, 4) is 11.1 Å². The van der Waals surface area contributed by atoms with E-state index >= 15 is 0 Å². The van der Waals surface area contributed by atoms with E-state index in [1.807, 2.05) is 32.0 Å². The fraction of sp³-hybridized carbons (Fsp3) is 0.290. The number of rotatable bonds is 9. The van der Waals surface area contributed by atoms with Gasteiger partial charge in [0.15, 0.2) is 0 Å². The van der Waals surface area contributed by atoms with Gasteiger partial charge in [0.2, 0.25) is 0 Å². The van der Waals surface area contributed by atoms with E-state index in [1.54, 1.807) is 0 Å². The molecule has 0 radical (unpaired) electrons. The normalized spacial score (nSPS) is 16.2. The molecule has 0 saturated heterocycles. The Balaban J connectivity index is 0.000000319. The van der Waals surface area contributed by atoms with E-state index in [1.165, 1.54) is 83.5 Å². The molecule has 0 bridgehead atoms. The van der Waals surface area contributed by atoms with Gasteiger partial charge in [-0.1, -0.05) is 240 Å². The fourth-order valence-electron chi connectivity index (χ4n) is 8.73. The highest BCUT2D eigenvalue weighted by Crippen LogP contribution is 2.52. The molecule has 5 aromatic carbocycles. The van der Waals surface area contributed by atoms with Crippen molar-refractivity contribution in [2.75, 3.05) is 0 Å². The van der Waals surface area contributed by atoms with Gasteiger partial charge >= 0.3 is 0 Å². The van der Waals surface area contributed by atoms with Crippen LogP contribution in [0.4, 0.5) is 0 Å². The van der Waals surface area contributed by atoms with E-state index in [0.29, 0.717) is 0 Å². The molecule has 0 saturated carbocycles. The van der Waals surface area contributed by atoms with Crippen LogP contribution in [0.1, 0.15) is 133 Å². The molecule has 0 heterocycles. The Kier molecular flexibility index (Phi) is 19.6. The maximum Gasteiger partial charge on any atom is 0.0394 e. The molecule has 2 aliphatic rings. The van der Waals surface area contributed by atoms with E-state index in [0.717, 1.165) is 12.8 Å². The molecule has 5 aromatic rings. The van der Waals surface area contributed by atoms with Gasteiger partial charge in [0.1, 0.15) is 0 Å². The van der Waals surface area contributed by atoms with Crippen LogP contribution in [-0.2, 0) is 10.8 Å². The number of aryl methyl sites for hydroxylation is 4.